The maximum absolute atomic E-state index is 10.3. The van der Waals surface area contributed by atoms with E-state index in [2.05, 4.69) is 0 Å². The van der Waals surface area contributed by atoms with E-state index in [9.17, 15) is 4.79 Å². The lowest BCUT2D eigenvalue weighted by atomic mass is 10.2. The number of carboxylic acids is 1. The van der Waals surface area contributed by atoms with Gasteiger partial charge in [0.25, 0.3) is 6.29 Å². The minimum atomic E-state index is -1.85. The van der Waals surface area contributed by atoms with Crippen LogP contribution < -0.4 is 4.74 Å². The maximum Gasteiger partial charge on any atom is 0.373 e. The second kappa shape index (κ2) is 4.30. The molecule has 0 aliphatic rings. The van der Waals surface area contributed by atoms with E-state index in [0.29, 0.717) is 16.3 Å². The Labute approximate surface area is 85.7 Å². The average Bonchev–Trinajstić information content (AvgIpc) is 2.09. The third kappa shape index (κ3) is 2.61. The minimum absolute atomic E-state index is 0.296. The zero-order chi connectivity index (χ0) is 10.7. The molecule has 0 aromatic heterocycles. The fourth-order valence-electron chi connectivity index (χ4n) is 0.916. The summed E-state index contributed by atoms with van der Waals surface area (Å²) >= 11 is 5.68. The molecule has 1 aromatic rings. The van der Waals surface area contributed by atoms with Gasteiger partial charge in [-0.05, 0) is 30.7 Å². The van der Waals surface area contributed by atoms with Crippen LogP contribution in [0.25, 0.3) is 0 Å². The second-order valence-electron chi connectivity index (χ2n) is 2.72. The third-order valence-corrected chi connectivity index (χ3v) is 1.82. The number of aliphatic hydroxyl groups is 1. The largest absolute Gasteiger partial charge is 0.477 e. The first-order chi connectivity index (χ1) is 6.50. The van der Waals surface area contributed by atoms with Gasteiger partial charge >= 0.3 is 5.97 Å². The van der Waals surface area contributed by atoms with Crippen molar-refractivity contribution < 1.29 is 19.7 Å². The second-order valence-corrected chi connectivity index (χ2v) is 3.15. The van der Waals surface area contributed by atoms with Crippen LogP contribution in [-0.4, -0.2) is 22.5 Å². The standard InChI is InChI=1S/C9H9ClO4/c1-5-4-6(10)2-3-7(5)14-9(13)8(11)12/h2-4,9,13H,1H3,(H,11,12). The zero-order valence-electron chi connectivity index (χ0n) is 7.40. The molecule has 5 heteroatoms. The summed E-state index contributed by atoms with van der Waals surface area (Å²) in [4.78, 5) is 10.3. The Bertz CT molecular complexity index is 351. The molecular formula is C9H9ClO4. The molecule has 1 aromatic carbocycles. The number of rotatable bonds is 3. The topological polar surface area (TPSA) is 66.8 Å². The van der Waals surface area contributed by atoms with E-state index in [-0.39, 0.29) is 0 Å². The number of aliphatic carboxylic acids is 1. The van der Waals surface area contributed by atoms with Crippen molar-refractivity contribution in [2.45, 2.75) is 13.2 Å². The van der Waals surface area contributed by atoms with Gasteiger partial charge in [-0.3, -0.25) is 0 Å². The van der Waals surface area contributed by atoms with E-state index >= 15 is 0 Å². The highest BCUT2D eigenvalue weighted by atomic mass is 35.5. The van der Waals surface area contributed by atoms with Gasteiger partial charge in [0.1, 0.15) is 5.75 Å². The number of carbonyl (C=O) groups is 1. The van der Waals surface area contributed by atoms with Gasteiger partial charge in [0, 0.05) is 5.02 Å². The van der Waals surface area contributed by atoms with Gasteiger partial charge in [0.2, 0.25) is 0 Å². The van der Waals surface area contributed by atoms with Crippen molar-refractivity contribution in [2.75, 3.05) is 0 Å². The molecule has 14 heavy (non-hydrogen) atoms. The molecule has 1 atom stereocenters. The summed E-state index contributed by atoms with van der Waals surface area (Å²) in [6.45, 7) is 1.70. The number of halogens is 1. The van der Waals surface area contributed by atoms with Crippen LogP contribution in [0.3, 0.4) is 0 Å². The summed E-state index contributed by atoms with van der Waals surface area (Å²) in [5, 5.41) is 17.8. The Hall–Kier alpha value is -1.26. The highest BCUT2D eigenvalue weighted by Crippen LogP contribution is 2.22. The van der Waals surface area contributed by atoms with Crippen molar-refractivity contribution in [3.05, 3.63) is 28.8 Å². The highest BCUT2D eigenvalue weighted by Gasteiger charge is 2.15. The molecule has 0 amide bonds. The Morgan fingerprint density at radius 1 is 1.57 bits per heavy atom. The van der Waals surface area contributed by atoms with Crippen LogP contribution in [0.4, 0.5) is 0 Å². The number of hydrogen-bond donors (Lipinski definition) is 2. The van der Waals surface area contributed by atoms with Gasteiger partial charge in [-0.15, -0.1) is 0 Å². The molecule has 0 spiro atoms. The molecular weight excluding hydrogens is 208 g/mol. The van der Waals surface area contributed by atoms with Crippen molar-refractivity contribution in [1.82, 2.24) is 0 Å². The summed E-state index contributed by atoms with van der Waals surface area (Å²) in [6.07, 6.45) is -1.85. The van der Waals surface area contributed by atoms with Crippen molar-refractivity contribution >= 4 is 17.6 Å². The molecule has 0 saturated carbocycles. The number of benzene rings is 1. The lowest BCUT2D eigenvalue weighted by Gasteiger charge is -2.11. The first kappa shape index (κ1) is 10.8. The molecule has 0 heterocycles. The molecule has 0 aliphatic carbocycles. The number of aliphatic hydroxyl groups excluding tert-OH is 1. The van der Waals surface area contributed by atoms with E-state index in [4.69, 9.17) is 26.6 Å². The van der Waals surface area contributed by atoms with E-state index in [1.165, 1.54) is 6.07 Å². The summed E-state index contributed by atoms with van der Waals surface area (Å²) < 4.78 is 4.76. The molecule has 0 saturated heterocycles. The van der Waals surface area contributed by atoms with Gasteiger partial charge in [-0.25, -0.2) is 4.79 Å². The van der Waals surface area contributed by atoms with Crippen LogP contribution >= 0.6 is 11.6 Å². The van der Waals surface area contributed by atoms with Gasteiger partial charge in [0.15, 0.2) is 0 Å². The molecule has 2 N–H and O–H groups in total. The predicted octanol–water partition coefficient (Wildman–Crippen LogP) is 1.43. The SMILES string of the molecule is Cc1cc(Cl)ccc1OC(O)C(=O)O. The third-order valence-electron chi connectivity index (χ3n) is 1.59. The Morgan fingerprint density at radius 3 is 2.71 bits per heavy atom. The summed E-state index contributed by atoms with van der Waals surface area (Å²) in [7, 11) is 0. The molecule has 76 valence electrons. The Kier molecular flexibility index (Phi) is 3.33. The van der Waals surface area contributed by atoms with Crippen molar-refractivity contribution in [3.8, 4) is 5.75 Å². The molecule has 0 aliphatic heterocycles. The van der Waals surface area contributed by atoms with Crippen molar-refractivity contribution in [2.24, 2.45) is 0 Å². The summed E-state index contributed by atoms with van der Waals surface area (Å²) in [5.41, 5.74) is 0.665. The average molecular weight is 217 g/mol. The molecule has 0 fully saturated rings. The predicted molar refractivity (Wildman–Crippen MR) is 50.5 cm³/mol. The first-order valence-electron chi connectivity index (χ1n) is 3.84. The van der Waals surface area contributed by atoms with Gasteiger partial charge < -0.3 is 14.9 Å². The summed E-state index contributed by atoms with van der Waals surface area (Å²) in [5.74, 6) is -1.14. The molecule has 0 bridgehead atoms. The molecule has 4 nitrogen and oxygen atoms in total. The van der Waals surface area contributed by atoms with Gasteiger partial charge in [0.05, 0.1) is 0 Å². The summed E-state index contributed by atoms with van der Waals surface area (Å²) in [6, 6.07) is 4.67. The van der Waals surface area contributed by atoms with Crippen LogP contribution in [0.5, 0.6) is 5.75 Å². The first-order valence-corrected chi connectivity index (χ1v) is 4.22. The fraction of sp³-hybridized carbons (Fsp3) is 0.222. The molecule has 1 unspecified atom stereocenters. The Balaban J connectivity index is 2.82. The van der Waals surface area contributed by atoms with Crippen molar-refractivity contribution in [1.29, 1.82) is 0 Å². The number of aryl methyl sites for hydroxylation is 1. The highest BCUT2D eigenvalue weighted by molar-refractivity contribution is 6.30. The number of ether oxygens (including phenoxy) is 1. The van der Waals surface area contributed by atoms with E-state index < -0.39 is 12.3 Å². The van der Waals surface area contributed by atoms with Gasteiger partial charge in [-0.1, -0.05) is 11.6 Å². The maximum atomic E-state index is 10.3. The quantitative estimate of drug-likeness (QED) is 0.751. The minimum Gasteiger partial charge on any atom is -0.477 e. The van der Waals surface area contributed by atoms with Crippen LogP contribution in [0.15, 0.2) is 18.2 Å². The van der Waals surface area contributed by atoms with Crippen molar-refractivity contribution in [3.63, 3.8) is 0 Å². The molecule has 0 radical (unpaired) electrons. The monoisotopic (exact) mass is 216 g/mol. The lowest BCUT2D eigenvalue weighted by molar-refractivity contribution is -0.162. The van der Waals surface area contributed by atoms with Crippen LogP contribution in [-0.2, 0) is 4.79 Å². The van der Waals surface area contributed by atoms with Crippen LogP contribution in [0.2, 0.25) is 5.02 Å². The number of carboxylic acid groups (broad SMARTS) is 1. The van der Waals surface area contributed by atoms with Gasteiger partial charge in [-0.2, -0.15) is 0 Å². The van der Waals surface area contributed by atoms with Crippen LogP contribution in [0.1, 0.15) is 5.56 Å². The van der Waals surface area contributed by atoms with E-state index in [1.807, 2.05) is 0 Å². The normalized spacial score (nSPS) is 12.2. The molecule has 1 rings (SSSR count). The smallest absolute Gasteiger partial charge is 0.373 e. The van der Waals surface area contributed by atoms with E-state index in [1.54, 1.807) is 19.1 Å². The fourth-order valence-corrected chi connectivity index (χ4v) is 1.14. The lowest BCUT2D eigenvalue weighted by Crippen LogP contribution is -2.26. The van der Waals surface area contributed by atoms with Crippen LogP contribution in [0, 0.1) is 6.92 Å². The zero-order valence-corrected chi connectivity index (χ0v) is 8.15. The Morgan fingerprint density at radius 2 is 2.21 bits per heavy atom. The van der Waals surface area contributed by atoms with E-state index in [0.717, 1.165) is 0 Å². The number of hydrogen-bond acceptors (Lipinski definition) is 3.